The quantitative estimate of drug-likeness (QED) is 0.667. The van der Waals surface area contributed by atoms with Gasteiger partial charge in [-0.3, -0.25) is 0 Å². The van der Waals surface area contributed by atoms with Crippen molar-refractivity contribution < 1.29 is 13.9 Å². The van der Waals surface area contributed by atoms with Crippen LogP contribution in [0.25, 0.3) is 0 Å². The molecule has 0 radical (unpaired) electrons. The molecule has 0 aliphatic rings. The van der Waals surface area contributed by atoms with Crippen LogP contribution >= 0.6 is 11.8 Å². The van der Waals surface area contributed by atoms with E-state index in [-0.39, 0.29) is 12.5 Å². The molecule has 2 unspecified atom stereocenters. The summed E-state index contributed by atoms with van der Waals surface area (Å²) in [5.74, 6) is -0.0365. The van der Waals surface area contributed by atoms with Crippen LogP contribution in [0, 0.1) is 5.92 Å². The summed E-state index contributed by atoms with van der Waals surface area (Å²) in [6, 6.07) is 0. The van der Waals surface area contributed by atoms with Gasteiger partial charge in [-0.2, -0.15) is 0 Å². The maximum atomic E-state index is 12.9. The zero-order valence-electron chi connectivity index (χ0n) is 7.96. The highest BCUT2D eigenvalue weighted by Crippen LogP contribution is 2.17. The Kier molecular flexibility index (Phi) is 6.99. The minimum atomic E-state index is -1.58. The number of ether oxygens (including phenoxy) is 1. The fourth-order valence-corrected chi connectivity index (χ4v) is 1.43. The Hall–Kier alpha value is -0.290. The van der Waals surface area contributed by atoms with Crippen LogP contribution in [-0.2, 0) is 9.53 Å². The van der Waals surface area contributed by atoms with Crippen molar-refractivity contribution >= 4 is 17.7 Å². The minimum absolute atomic E-state index is 0.215. The van der Waals surface area contributed by atoms with Crippen LogP contribution in [0.3, 0.4) is 0 Å². The standard InChI is InChI=1S/C8H16FNO2S/c1-3-12-8(11)7(9)13-5-6(2)4-10/h6-7H,3-5,10H2,1-2H3. The van der Waals surface area contributed by atoms with Gasteiger partial charge in [0, 0.05) is 5.75 Å². The van der Waals surface area contributed by atoms with E-state index in [1.54, 1.807) is 6.92 Å². The Bertz CT molecular complexity index is 157. The van der Waals surface area contributed by atoms with Gasteiger partial charge in [-0.15, -0.1) is 11.8 Å². The van der Waals surface area contributed by atoms with E-state index >= 15 is 0 Å². The molecular formula is C8H16FNO2S. The molecule has 5 heteroatoms. The topological polar surface area (TPSA) is 52.3 Å². The number of esters is 1. The molecule has 0 aliphatic heterocycles. The highest BCUT2D eigenvalue weighted by Gasteiger charge is 2.19. The van der Waals surface area contributed by atoms with Gasteiger partial charge in [0.2, 0.25) is 5.50 Å². The third-order valence-electron chi connectivity index (χ3n) is 1.40. The molecule has 0 amide bonds. The van der Waals surface area contributed by atoms with Gasteiger partial charge in [-0.25, -0.2) is 9.18 Å². The van der Waals surface area contributed by atoms with Crippen LogP contribution in [0.1, 0.15) is 13.8 Å². The van der Waals surface area contributed by atoms with Gasteiger partial charge in [-0.1, -0.05) is 6.92 Å². The van der Waals surface area contributed by atoms with Crippen molar-refractivity contribution in [3.05, 3.63) is 0 Å². The lowest BCUT2D eigenvalue weighted by Crippen LogP contribution is -2.19. The van der Waals surface area contributed by atoms with Crippen molar-refractivity contribution in [2.75, 3.05) is 18.9 Å². The van der Waals surface area contributed by atoms with Crippen molar-refractivity contribution in [3.63, 3.8) is 0 Å². The SMILES string of the molecule is CCOC(=O)C(F)SCC(C)CN. The Labute approximate surface area is 82.2 Å². The molecule has 0 aliphatic carbocycles. The molecule has 0 bridgehead atoms. The summed E-state index contributed by atoms with van der Waals surface area (Å²) in [7, 11) is 0. The molecule has 13 heavy (non-hydrogen) atoms. The van der Waals surface area contributed by atoms with Crippen molar-refractivity contribution in [2.24, 2.45) is 11.7 Å². The molecule has 3 nitrogen and oxygen atoms in total. The monoisotopic (exact) mass is 209 g/mol. The molecule has 78 valence electrons. The molecular weight excluding hydrogens is 193 g/mol. The average molecular weight is 209 g/mol. The summed E-state index contributed by atoms with van der Waals surface area (Å²) >= 11 is 0.936. The van der Waals surface area contributed by atoms with Gasteiger partial charge >= 0.3 is 5.97 Å². The third kappa shape index (κ3) is 5.87. The van der Waals surface area contributed by atoms with Crippen molar-refractivity contribution in [1.29, 1.82) is 0 Å². The zero-order chi connectivity index (χ0) is 10.3. The largest absolute Gasteiger partial charge is 0.463 e. The fourth-order valence-electron chi connectivity index (χ4n) is 0.593. The Morgan fingerprint density at radius 3 is 2.77 bits per heavy atom. The number of nitrogens with two attached hydrogens (primary N) is 1. The predicted octanol–water partition coefficient (Wildman–Crippen LogP) is 1.17. The second kappa shape index (κ2) is 7.15. The summed E-state index contributed by atoms with van der Waals surface area (Å²) in [4.78, 5) is 10.8. The van der Waals surface area contributed by atoms with E-state index in [0.717, 1.165) is 11.8 Å². The molecule has 0 aromatic rings. The number of thioether (sulfide) groups is 1. The van der Waals surface area contributed by atoms with Gasteiger partial charge in [0.1, 0.15) is 0 Å². The molecule has 2 atom stereocenters. The smallest absolute Gasteiger partial charge is 0.351 e. The minimum Gasteiger partial charge on any atom is -0.463 e. The number of rotatable bonds is 6. The number of alkyl halides is 1. The van der Waals surface area contributed by atoms with E-state index in [1.165, 1.54) is 0 Å². The second-order valence-corrected chi connectivity index (χ2v) is 3.82. The Balaban J connectivity index is 3.60. The first-order valence-electron chi connectivity index (χ1n) is 4.24. The van der Waals surface area contributed by atoms with Crippen LogP contribution in [0.15, 0.2) is 0 Å². The van der Waals surface area contributed by atoms with Gasteiger partial charge in [-0.05, 0) is 19.4 Å². The van der Waals surface area contributed by atoms with Crippen LogP contribution in [0.4, 0.5) is 4.39 Å². The number of halogens is 1. The van der Waals surface area contributed by atoms with E-state index in [2.05, 4.69) is 4.74 Å². The van der Waals surface area contributed by atoms with E-state index in [1.807, 2.05) is 6.92 Å². The molecule has 0 saturated carbocycles. The lowest BCUT2D eigenvalue weighted by Gasteiger charge is -2.10. The molecule has 2 N–H and O–H groups in total. The Morgan fingerprint density at radius 1 is 1.69 bits per heavy atom. The lowest BCUT2D eigenvalue weighted by atomic mass is 10.2. The normalized spacial score (nSPS) is 15.1. The molecule has 0 fully saturated rings. The highest BCUT2D eigenvalue weighted by molar-refractivity contribution is 8.00. The second-order valence-electron chi connectivity index (χ2n) is 2.74. The number of hydrogen-bond acceptors (Lipinski definition) is 4. The van der Waals surface area contributed by atoms with Crippen LogP contribution in [-0.4, -0.2) is 30.4 Å². The van der Waals surface area contributed by atoms with E-state index in [4.69, 9.17) is 5.73 Å². The summed E-state index contributed by atoms with van der Waals surface area (Å²) in [5.41, 5.74) is 3.77. The number of carbonyl (C=O) groups excluding carboxylic acids is 1. The zero-order valence-corrected chi connectivity index (χ0v) is 8.77. The van der Waals surface area contributed by atoms with Crippen molar-refractivity contribution in [3.8, 4) is 0 Å². The van der Waals surface area contributed by atoms with Gasteiger partial charge in [0.05, 0.1) is 6.61 Å². The van der Waals surface area contributed by atoms with E-state index < -0.39 is 11.5 Å². The fraction of sp³-hybridized carbons (Fsp3) is 0.875. The van der Waals surface area contributed by atoms with Crippen molar-refractivity contribution in [2.45, 2.75) is 19.4 Å². The maximum Gasteiger partial charge on any atom is 0.351 e. The average Bonchev–Trinajstić information content (AvgIpc) is 2.13. The van der Waals surface area contributed by atoms with Crippen LogP contribution < -0.4 is 5.73 Å². The third-order valence-corrected chi connectivity index (χ3v) is 2.65. The molecule has 0 heterocycles. The first-order chi connectivity index (χ1) is 6.11. The van der Waals surface area contributed by atoms with Gasteiger partial charge in [0.15, 0.2) is 0 Å². The predicted molar refractivity (Wildman–Crippen MR) is 52.2 cm³/mol. The van der Waals surface area contributed by atoms with E-state index in [0.29, 0.717) is 12.3 Å². The highest BCUT2D eigenvalue weighted by atomic mass is 32.2. The maximum absolute atomic E-state index is 12.9. The molecule has 0 spiro atoms. The summed E-state index contributed by atoms with van der Waals surface area (Å²) in [5, 5.41) is 0. The van der Waals surface area contributed by atoms with E-state index in [9.17, 15) is 9.18 Å². The van der Waals surface area contributed by atoms with Gasteiger partial charge in [0.25, 0.3) is 0 Å². The molecule has 0 aromatic heterocycles. The molecule has 0 rings (SSSR count). The number of hydrogen-bond donors (Lipinski definition) is 1. The first kappa shape index (κ1) is 12.7. The Morgan fingerprint density at radius 2 is 2.31 bits per heavy atom. The number of carbonyl (C=O) groups is 1. The van der Waals surface area contributed by atoms with Crippen molar-refractivity contribution in [1.82, 2.24) is 0 Å². The lowest BCUT2D eigenvalue weighted by molar-refractivity contribution is -0.145. The first-order valence-corrected chi connectivity index (χ1v) is 5.29. The summed E-state index contributed by atoms with van der Waals surface area (Å²) < 4.78 is 17.4. The van der Waals surface area contributed by atoms with Gasteiger partial charge < -0.3 is 10.5 Å². The summed E-state index contributed by atoms with van der Waals surface area (Å²) in [6.07, 6.45) is 0. The molecule has 0 aromatic carbocycles. The summed E-state index contributed by atoms with van der Waals surface area (Å²) in [6.45, 7) is 4.28. The van der Waals surface area contributed by atoms with Crippen LogP contribution in [0.2, 0.25) is 0 Å². The molecule has 0 saturated heterocycles. The van der Waals surface area contributed by atoms with Crippen LogP contribution in [0.5, 0.6) is 0 Å².